The summed E-state index contributed by atoms with van der Waals surface area (Å²) in [6, 6.07) is 8.53. The molecule has 0 bridgehead atoms. The number of carbonyl (C=O) groups excluding carboxylic acids is 1. The quantitative estimate of drug-likeness (QED) is 0.267. The van der Waals surface area contributed by atoms with Crippen LogP contribution in [0.1, 0.15) is 15.9 Å². The van der Waals surface area contributed by atoms with Crippen molar-refractivity contribution < 1.29 is 19.0 Å². The van der Waals surface area contributed by atoms with Crippen molar-refractivity contribution in [3.63, 3.8) is 0 Å². The molecule has 0 aliphatic carbocycles. The molecule has 6 nitrogen and oxygen atoms in total. The van der Waals surface area contributed by atoms with Crippen LogP contribution in [0.15, 0.2) is 69.7 Å². The summed E-state index contributed by atoms with van der Waals surface area (Å²) in [6.07, 6.45) is 4.82. The Balaban J connectivity index is 2.07. The summed E-state index contributed by atoms with van der Waals surface area (Å²) < 4.78 is 17.8. The topological polar surface area (TPSA) is 69.2 Å². The van der Waals surface area contributed by atoms with Gasteiger partial charge < -0.3 is 14.2 Å². The van der Waals surface area contributed by atoms with Gasteiger partial charge in [0.2, 0.25) is 0 Å². The molecule has 0 radical (unpaired) electrons. The summed E-state index contributed by atoms with van der Waals surface area (Å²) in [5, 5.41) is 4.01. The highest BCUT2D eigenvalue weighted by Crippen LogP contribution is 2.34. The number of amides is 1. The number of methoxy groups -OCH3 is 1. The summed E-state index contributed by atoms with van der Waals surface area (Å²) in [4.78, 5) is 12.3. The molecule has 0 heterocycles. The van der Waals surface area contributed by atoms with Gasteiger partial charge in [-0.2, -0.15) is 5.10 Å². The normalized spacial score (nSPS) is 10.4. The number of nitrogens with zero attached hydrogens (tertiary/aromatic N) is 1. The van der Waals surface area contributed by atoms with Crippen LogP contribution >= 0.6 is 31.9 Å². The summed E-state index contributed by atoms with van der Waals surface area (Å²) in [6.45, 7) is 7.96. The second-order valence-electron chi connectivity index (χ2n) is 5.58. The third-order valence-electron chi connectivity index (χ3n) is 3.53. The lowest BCUT2D eigenvalue weighted by molar-refractivity contribution is 0.0954. The second-order valence-corrected chi connectivity index (χ2v) is 7.29. The van der Waals surface area contributed by atoms with Gasteiger partial charge in [-0.1, -0.05) is 25.3 Å². The van der Waals surface area contributed by atoms with Crippen molar-refractivity contribution in [2.75, 3.05) is 20.3 Å². The highest BCUT2D eigenvalue weighted by atomic mass is 79.9. The van der Waals surface area contributed by atoms with Gasteiger partial charge in [-0.25, -0.2) is 5.43 Å². The number of ether oxygens (including phenoxy) is 3. The molecule has 0 saturated heterocycles. The van der Waals surface area contributed by atoms with E-state index in [1.165, 1.54) is 13.3 Å². The van der Waals surface area contributed by atoms with Crippen molar-refractivity contribution in [3.05, 3.63) is 75.7 Å². The Morgan fingerprint density at radius 1 is 1.07 bits per heavy atom. The van der Waals surface area contributed by atoms with E-state index in [2.05, 4.69) is 55.5 Å². The van der Waals surface area contributed by atoms with Crippen molar-refractivity contribution in [1.82, 2.24) is 5.43 Å². The molecule has 0 saturated carbocycles. The van der Waals surface area contributed by atoms with Crippen LogP contribution in [0.3, 0.4) is 0 Å². The van der Waals surface area contributed by atoms with Crippen LogP contribution in [0.5, 0.6) is 17.2 Å². The molecule has 2 aromatic rings. The molecule has 152 valence electrons. The van der Waals surface area contributed by atoms with Crippen LogP contribution in [0.25, 0.3) is 0 Å². The van der Waals surface area contributed by atoms with Gasteiger partial charge in [0, 0.05) is 5.56 Å². The van der Waals surface area contributed by atoms with E-state index < -0.39 is 0 Å². The Kier molecular flexibility index (Phi) is 8.95. The zero-order chi connectivity index (χ0) is 21.2. The maximum Gasteiger partial charge on any atom is 0.271 e. The fraction of sp³-hybridized carbons (Fsp3) is 0.143. The SMILES string of the molecule is C=CCOc1ccc(C(=O)N/N=C/c2cc(Br)c(OCC=C)c(Br)c2)cc1OC. The Bertz CT molecular complexity index is 906. The van der Waals surface area contributed by atoms with Crippen LogP contribution < -0.4 is 19.6 Å². The zero-order valence-electron chi connectivity index (χ0n) is 15.8. The number of nitrogens with one attached hydrogen (secondary N) is 1. The van der Waals surface area contributed by atoms with E-state index in [0.29, 0.717) is 36.0 Å². The highest BCUT2D eigenvalue weighted by Gasteiger charge is 2.11. The lowest BCUT2D eigenvalue weighted by Crippen LogP contribution is -2.17. The van der Waals surface area contributed by atoms with E-state index in [0.717, 1.165) is 14.5 Å². The molecular formula is C21H20Br2N2O4. The smallest absolute Gasteiger partial charge is 0.271 e. The predicted octanol–water partition coefficient (Wildman–Crippen LogP) is 5.11. The van der Waals surface area contributed by atoms with Crippen molar-refractivity contribution >= 4 is 44.0 Å². The molecule has 0 aliphatic heterocycles. The molecule has 29 heavy (non-hydrogen) atoms. The number of hydrogen-bond donors (Lipinski definition) is 1. The number of hydrazone groups is 1. The molecule has 0 spiro atoms. The fourth-order valence-electron chi connectivity index (χ4n) is 2.24. The number of carbonyl (C=O) groups is 1. The van der Waals surface area contributed by atoms with Crippen LogP contribution in [0.4, 0.5) is 0 Å². The minimum absolute atomic E-state index is 0.342. The van der Waals surface area contributed by atoms with Gasteiger partial charge >= 0.3 is 0 Å². The molecule has 1 amide bonds. The molecule has 8 heteroatoms. The predicted molar refractivity (Wildman–Crippen MR) is 121 cm³/mol. The minimum Gasteiger partial charge on any atom is -0.493 e. The summed E-state index contributed by atoms with van der Waals surface area (Å²) >= 11 is 6.91. The van der Waals surface area contributed by atoms with Crippen LogP contribution in [-0.4, -0.2) is 32.4 Å². The molecule has 0 aliphatic rings. The first-order chi connectivity index (χ1) is 14.0. The average Bonchev–Trinajstić information content (AvgIpc) is 2.71. The number of halogens is 2. The second kappa shape index (κ2) is 11.4. The van der Waals surface area contributed by atoms with Crippen molar-refractivity contribution in [2.24, 2.45) is 5.10 Å². The Hall–Kier alpha value is -2.58. The number of rotatable bonds is 10. The van der Waals surface area contributed by atoms with Crippen LogP contribution in [0, 0.1) is 0 Å². The third kappa shape index (κ3) is 6.47. The molecule has 0 atom stereocenters. The van der Waals surface area contributed by atoms with E-state index in [1.54, 1.807) is 30.4 Å². The highest BCUT2D eigenvalue weighted by molar-refractivity contribution is 9.11. The van der Waals surface area contributed by atoms with E-state index >= 15 is 0 Å². The monoisotopic (exact) mass is 522 g/mol. The van der Waals surface area contributed by atoms with E-state index in [9.17, 15) is 4.79 Å². The van der Waals surface area contributed by atoms with Crippen LogP contribution in [0.2, 0.25) is 0 Å². The standard InChI is InChI=1S/C21H20Br2N2O4/c1-4-8-28-18-7-6-15(12-19(18)27-3)21(26)25-24-13-14-10-16(22)20(17(23)11-14)29-9-5-2/h4-7,10-13H,1-2,8-9H2,3H3,(H,25,26)/b24-13+. The van der Waals surface area contributed by atoms with E-state index in [4.69, 9.17) is 14.2 Å². The van der Waals surface area contributed by atoms with Crippen LogP contribution in [-0.2, 0) is 0 Å². The Labute approximate surface area is 186 Å². The van der Waals surface area contributed by atoms with Gasteiger partial charge in [-0.15, -0.1) is 0 Å². The maximum atomic E-state index is 12.3. The van der Waals surface area contributed by atoms with Crippen molar-refractivity contribution in [1.29, 1.82) is 0 Å². The third-order valence-corrected chi connectivity index (χ3v) is 4.71. The van der Waals surface area contributed by atoms with Gasteiger partial charge in [0.25, 0.3) is 5.91 Å². The summed E-state index contributed by atoms with van der Waals surface area (Å²) in [7, 11) is 1.51. The largest absolute Gasteiger partial charge is 0.493 e. The lowest BCUT2D eigenvalue weighted by atomic mass is 10.2. The van der Waals surface area contributed by atoms with Gasteiger partial charge in [0.05, 0.1) is 22.3 Å². The first kappa shape index (κ1) is 22.7. The first-order valence-electron chi connectivity index (χ1n) is 8.48. The van der Waals surface area contributed by atoms with Gasteiger partial charge in [-0.3, -0.25) is 4.79 Å². The molecule has 0 fully saturated rings. The molecule has 2 rings (SSSR count). The molecule has 2 aromatic carbocycles. The molecular weight excluding hydrogens is 504 g/mol. The first-order valence-corrected chi connectivity index (χ1v) is 10.1. The summed E-state index contributed by atoms with van der Waals surface area (Å²) in [5.41, 5.74) is 3.65. The van der Waals surface area contributed by atoms with E-state index in [-0.39, 0.29) is 5.91 Å². The Morgan fingerprint density at radius 3 is 2.34 bits per heavy atom. The van der Waals surface area contributed by atoms with Gasteiger partial charge in [0.1, 0.15) is 19.0 Å². The minimum atomic E-state index is -0.376. The van der Waals surface area contributed by atoms with E-state index in [1.807, 2.05) is 12.1 Å². The number of benzene rings is 2. The molecule has 0 aromatic heterocycles. The van der Waals surface area contributed by atoms with Gasteiger partial charge in [0.15, 0.2) is 11.5 Å². The van der Waals surface area contributed by atoms with Crippen molar-refractivity contribution in [2.45, 2.75) is 0 Å². The zero-order valence-corrected chi connectivity index (χ0v) is 19.0. The molecule has 1 N–H and O–H groups in total. The van der Waals surface area contributed by atoms with Crippen molar-refractivity contribution in [3.8, 4) is 17.2 Å². The molecule has 0 unspecified atom stereocenters. The fourth-order valence-corrected chi connectivity index (χ4v) is 3.69. The van der Waals surface area contributed by atoms with Gasteiger partial charge in [-0.05, 0) is 67.8 Å². The lowest BCUT2D eigenvalue weighted by Gasteiger charge is -2.10. The average molecular weight is 524 g/mol. The number of hydrogen-bond acceptors (Lipinski definition) is 5. The summed E-state index contributed by atoms with van der Waals surface area (Å²) in [5.74, 6) is 1.27. The maximum absolute atomic E-state index is 12.3. The Morgan fingerprint density at radius 2 is 1.72 bits per heavy atom.